The Balaban J connectivity index is 1.76. The molecule has 0 heterocycles. The number of carbonyl (C=O) groups excluding carboxylic acids is 1. The summed E-state index contributed by atoms with van der Waals surface area (Å²) < 4.78 is 18.6. The Morgan fingerprint density at radius 2 is 1.88 bits per heavy atom. The number of amides is 1. The number of hydrogen-bond acceptors (Lipinski definition) is 3. The Kier molecular flexibility index (Phi) is 6.85. The van der Waals surface area contributed by atoms with Crippen LogP contribution in [0.1, 0.15) is 0 Å². The number of nitrogens with zero attached hydrogens (tertiary/aromatic N) is 1. The van der Waals surface area contributed by atoms with Gasteiger partial charge in [-0.05, 0) is 37.4 Å². The summed E-state index contributed by atoms with van der Waals surface area (Å²) >= 11 is 12.0. The molecule has 0 saturated heterocycles. The van der Waals surface area contributed by atoms with Crippen molar-refractivity contribution in [1.29, 1.82) is 0 Å². The first-order valence-corrected chi connectivity index (χ1v) is 8.02. The SMILES string of the molecule is CN(CCOc1c(Cl)cccc1Cl)CC(=O)Nc1cccc(F)c1. The van der Waals surface area contributed by atoms with Gasteiger partial charge >= 0.3 is 0 Å². The molecule has 128 valence electrons. The number of benzene rings is 2. The van der Waals surface area contributed by atoms with Gasteiger partial charge in [-0.2, -0.15) is 0 Å². The molecule has 0 bridgehead atoms. The second-order valence-corrected chi connectivity index (χ2v) is 6.01. The molecule has 0 atom stereocenters. The highest BCUT2D eigenvalue weighted by Gasteiger charge is 2.10. The fraction of sp³-hybridized carbons (Fsp3) is 0.235. The number of nitrogens with one attached hydrogen (secondary N) is 1. The van der Waals surface area contributed by atoms with Crippen molar-refractivity contribution >= 4 is 34.8 Å². The van der Waals surface area contributed by atoms with E-state index in [1.54, 1.807) is 36.2 Å². The number of anilines is 1. The van der Waals surface area contributed by atoms with Crippen molar-refractivity contribution in [2.45, 2.75) is 0 Å². The van der Waals surface area contributed by atoms with E-state index in [0.717, 1.165) is 0 Å². The van der Waals surface area contributed by atoms with Crippen LogP contribution in [0, 0.1) is 5.82 Å². The molecule has 4 nitrogen and oxygen atoms in total. The lowest BCUT2D eigenvalue weighted by molar-refractivity contribution is -0.117. The van der Waals surface area contributed by atoms with Gasteiger partial charge in [-0.3, -0.25) is 9.69 Å². The number of rotatable bonds is 7. The third kappa shape index (κ3) is 5.67. The van der Waals surface area contributed by atoms with Crippen LogP contribution >= 0.6 is 23.2 Å². The fourth-order valence-electron chi connectivity index (χ4n) is 2.01. The van der Waals surface area contributed by atoms with E-state index >= 15 is 0 Å². The third-order valence-electron chi connectivity index (χ3n) is 3.16. The highest BCUT2D eigenvalue weighted by Crippen LogP contribution is 2.32. The van der Waals surface area contributed by atoms with Gasteiger partial charge in [-0.25, -0.2) is 4.39 Å². The zero-order valence-corrected chi connectivity index (χ0v) is 14.6. The molecule has 0 radical (unpaired) electrons. The number of carbonyl (C=O) groups is 1. The summed E-state index contributed by atoms with van der Waals surface area (Å²) in [5.74, 6) is -0.205. The maximum atomic E-state index is 13.1. The number of likely N-dealkylation sites (N-methyl/N-ethyl adjacent to an activating group) is 1. The second kappa shape index (κ2) is 8.87. The number of hydrogen-bond donors (Lipinski definition) is 1. The van der Waals surface area contributed by atoms with E-state index in [4.69, 9.17) is 27.9 Å². The molecule has 0 aromatic heterocycles. The van der Waals surface area contributed by atoms with Crippen LogP contribution in [-0.4, -0.2) is 37.6 Å². The van der Waals surface area contributed by atoms with Crippen molar-refractivity contribution in [2.75, 3.05) is 32.1 Å². The summed E-state index contributed by atoms with van der Waals surface area (Å²) in [6, 6.07) is 10.9. The monoisotopic (exact) mass is 370 g/mol. The highest BCUT2D eigenvalue weighted by molar-refractivity contribution is 6.37. The maximum absolute atomic E-state index is 13.1. The average molecular weight is 371 g/mol. The molecular weight excluding hydrogens is 354 g/mol. The van der Waals surface area contributed by atoms with Crippen LogP contribution in [0.15, 0.2) is 42.5 Å². The Labute approximate surface area is 150 Å². The number of ether oxygens (including phenoxy) is 1. The topological polar surface area (TPSA) is 41.6 Å². The molecule has 24 heavy (non-hydrogen) atoms. The van der Waals surface area contributed by atoms with Crippen LogP contribution < -0.4 is 10.1 Å². The number of halogens is 3. The normalized spacial score (nSPS) is 10.7. The van der Waals surface area contributed by atoms with E-state index < -0.39 is 5.82 Å². The molecule has 0 saturated carbocycles. The Morgan fingerprint density at radius 3 is 2.54 bits per heavy atom. The van der Waals surface area contributed by atoms with E-state index in [0.29, 0.717) is 34.6 Å². The van der Waals surface area contributed by atoms with E-state index in [1.807, 2.05) is 0 Å². The largest absolute Gasteiger partial charge is 0.489 e. The Bertz CT molecular complexity index is 692. The smallest absolute Gasteiger partial charge is 0.238 e. The zero-order valence-electron chi connectivity index (χ0n) is 13.1. The highest BCUT2D eigenvalue weighted by atomic mass is 35.5. The first-order chi connectivity index (χ1) is 11.5. The first-order valence-electron chi connectivity index (χ1n) is 7.26. The van der Waals surface area contributed by atoms with Gasteiger partial charge in [0.15, 0.2) is 5.75 Å². The van der Waals surface area contributed by atoms with E-state index in [1.165, 1.54) is 18.2 Å². The lowest BCUT2D eigenvalue weighted by Crippen LogP contribution is -2.33. The molecular formula is C17H17Cl2FN2O2. The van der Waals surface area contributed by atoms with Crippen LogP contribution in [0.2, 0.25) is 10.0 Å². The molecule has 2 aromatic rings. The first kappa shape index (κ1) is 18.5. The van der Waals surface area contributed by atoms with Crippen LogP contribution in [0.3, 0.4) is 0 Å². The molecule has 0 fully saturated rings. The predicted octanol–water partition coefficient (Wildman–Crippen LogP) is 4.08. The minimum atomic E-state index is -0.397. The van der Waals surface area contributed by atoms with Crippen LogP contribution in [0.4, 0.5) is 10.1 Å². The Hall–Kier alpha value is -1.82. The summed E-state index contributed by atoms with van der Waals surface area (Å²) in [4.78, 5) is 13.7. The van der Waals surface area contributed by atoms with Gasteiger partial charge in [0.2, 0.25) is 5.91 Å². The van der Waals surface area contributed by atoms with Crippen LogP contribution in [0.5, 0.6) is 5.75 Å². The van der Waals surface area contributed by atoms with E-state index in [9.17, 15) is 9.18 Å². The van der Waals surface area contributed by atoms with Crippen LogP contribution in [-0.2, 0) is 4.79 Å². The van der Waals surface area contributed by atoms with Gasteiger partial charge in [0.05, 0.1) is 16.6 Å². The molecule has 0 aliphatic rings. The predicted molar refractivity (Wildman–Crippen MR) is 94.5 cm³/mol. The van der Waals surface area contributed by atoms with Gasteiger partial charge in [0, 0.05) is 12.2 Å². The molecule has 1 N–H and O–H groups in total. The molecule has 0 aliphatic heterocycles. The molecule has 0 spiro atoms. The number of para-hydroxylation sites is 1. The minimum Gasteiger partial charge on any atom is -0.489 e. The minimum absolute atomic E-state index is 0.149. The van der Waals surface area contributed by atoms with Gasteiger partial charge < -0.3 is 10.1 Å². The zero-order chi connectivity index (χ0) is 17.5. The van der Waals surface area contributed by atoms with Gasteiger partial charge in [-0.1, -0.05) is 35.3 Å². The Morgan fingerprint density at radius 1 is 1.21 bits per heavy atom. The van der Waals surface area contributed by atoms with Crippen molar-refractivity contribution in [1.82, 2.24) is 4.90 Å². The van der Waals surface area contributed by atoms with Gasteiger partial charge in [0.1, 0.15) is 12.4 Å². The van der Waals surface area contributed by atoms with E-state index in [2.05, 4.69) is 5.32 Å². The quantitative estimate of drug-likeness (QED) is 0.798. The van der Waals surface area contributed by atoms with Crippen molar-refractivity contribution in [2.24, 2.45) is 0 Å². The summed E-state index contributed by atoms with van der Waals surface area (Å²) in [7, 11) is 1.78. The standard InChI is InChI=1S/C17H17Cl2FN2O2/c1-22(8-9-24-17-14(18)6-3-7-15(17)19)11-16(23)21-13-5-2-4-12(20)10-13/h2-7,10H,8-9,11H2,1H3,(H,21,23). The molecule has 2 rings (SSSR count). The molecule has 7 heteroatoms. The third-order valence-corrected chi connectivity index (χ3v) is 3.76. The second-order valence-electron chi connectivity index (χ2n) is 5.20. The fourth-order valence-corrected chi connectivity index (χ4v) is 2.52. The van der Waals surface area contributed by atoms with Crippen molar-refractivity contribution < 1.29 is 13.9 Å². The van der Waals surface area contributed by atoms with Gasteiger partial charge in [-0.15, -0.1) is 0 Å². The molecule has 1 amide bonds. The lowest BCUT2D eigenvalue weighted by atomic mass is 10.3. The van der Waals surface area contributed by atoms with Crippen molar-refractivity contribution in [3.8, 4) is 5.75 Å². The summed E-state index contributed by atoms with van der Waals surface area (Å²) in [6.45, 7) is 0.974. The lowest BCUT2D eigenvalue weighted by Gasteiger charge is -2.17. The summed E-state index contributed by atoms with van der Waals surface area (Å²) in [6.07, 6.45) is 0. The summed E-state index contributed by atoms with van der Waals surface area (Å²) in [5, 5.41) is 3.51. The molecule has 0 unspecified atom stereocenters. The van der Waals surface area contributed by atoms with Crippen molar-refractivity contribution in [3.05, 3.63) is 58.3 Å². The molecule has 0 aliphatic carbocycles. The van der Waals surface area contributed by atoms with E-state index in [-0.39, 0.29) is 12.5 Å². The van der Waals surface area contributed by atoms with Crippen molar-refractivity contribution in [3.63, 3.8) is 0 Å². The summed E-state index contributed by atoms with van der Waals surface area (Å²) in [5.41, 5.74) is 0.424. The molecule has 2 aromatic carbocycles. The van der Waals surface area contributed by atoms with Crippen LogP contribution in [0.25, 0.3) is 0 Å². The maximum Gasteiger partial charge on any atom is 0.238 e. The van der Waals surface area contributed by atoms with Gasteiger partial charge in [0.25, 0.3) is 0 Å². The average Bonchev–Trinajstić information content (AvgIpc) is 2.50.